The molecule has 6 nitrogen and oxygen atoms in total. The third-order valence-corrected chi connectivity index (χ3v) is 4.56. The fourth-order valence-corrected chi connectivity index (χ4v) is 3.25. The second-order valence-electron chi connectivity index (χ2n) is 8.01. The molecule has 1 aromatic carbocycles. The summed E-state index contributed by atoms with van der Waals surface area (Å²) >= 11 is 0. The highest BCUT2D eigenvalue weighted by molar-refractivity contribution is 5.89. The number of esters is 1. The number of rotatable bonds is 3. The van der Waals surface area contributed by atoms with Gasteiger partial charge < -0.3 is 14.4 Å². The van der Waals surface area contributed by atoms with E-state index in [9.17, 15) is 9.59 Å². The molecular formula is C22H26N2O4. The Morgan fingerprint density at radius 3 is 2.61 bits per heavy atom. The molecule has 3 rings (SSSR count). The van der Waals surface area contributed by atoms with E-state index >= 15 is 0 Å². The molecule has 1 aromatic heterocycles. The Morgan fingerprint density at radius 1 is 1.11 bits per heavy atom. The number of benzene rings is 1. The zero-order valence-corrected chi connectivity index (χ0v) is 16.8. The molecule has 2 heterocycles. The Kier molecular flexibility index (Phi) is 5.68. The summed E-state index contributed by atoms with van der Waals surface area (Å²) in [4.78, 5) is 30.0. The number of fused-ring (bicyclic) bond motifs is 1. The number of ether oxygens (including phenoxy) is 2. The van der Waals surface area contributed by atoms with Gasteiger partial charge in [0.25, 0.3) is 0 Å². The van der Waals surface area contributed by atoms with Crippen molar-refractivity contribution in [1.29, 1.82) is 0 Å². The van der Waals surface area contributed by atoms with Gasteiger partial charge in [-0.2, -0.15) is 0 Å². The molecule has 0 N–H and O–H groups in total. The van der Waals surface area contributed by atoms with Crippen LogP contribution in [0.5, 0.6) is 0 Å². The maximum atomic E-state index is 12.4. The van der Waals surface area contributed by atoms with Crippen molar-refractivity contribution in [3.63, 3.8) is 0 Å². The third kappa shape index (κ3) is 4.88. The molecule has 0 unspecified atom stereocenters. The molecule has 2 aromatic rings. The Hall–Kier alpha value is -2.89. The molecule has 148 valence electrons. The maximum absolute atomic E-state index is 12.4. The van der Waals surface area contributed by atoms with Crippen molar-refractivity contribution in [3.8, 4) is 0 Å². The molecule has 0 atom stereocenters. The molecule has 0 radical (unpaired) electrons. The highest BCUT2D eigenvalue weighted by Gasteiger charge is 2.25. The highest BCUT2D eigenvalue weighted by atomic mass is 16.6. The molecule has 0 bridgehead atoms. The Balaban J connectivity index is 1.74. The summed E-state index contributed by atoms with van der Waals surface area (Å²) in [5, 5.41) is 0. The third-order valence-electron chi connectivity index (χ3n) is 4.56. The summed E-state index contributed by atoms with van der Waals surface area (Å²) in [7, 11) is 1.36. The van der Waals surface area contributed by atoms with Crippen LogP contribution in [0.1, 0.15) is 53.4 Å². The first-order valence-corrected chi connectivity index (χ1v) is 9.36. The lowest BCUT2D eigenvalue weighted by Crippen LogP contribution is -2.39. The first-order valence-electron chi connectivity index (χ1n) is 9.36. The summed E-state index contributed by atoms with van der Waals surface area (Å²) in [6, 6.07) is 8.13. The van der Waals surface area contributed by atoms with Gasteiger partial charge in [0, 0.05) is 25.5 Å². The summed E-state index contributed by atoms with van der Waals surface area (Å²) in [6.07, 6.45) is 4.43. The molecular weight excluding hydrogens is 356 g/mol. The van der Waals surface area contributed by atoms with Crippen molar-refractivity contribution >= 4 is 12.1 Å². The molecule has 0 aliphatic carbocycles. The summed E-state index contributed by atoms with van der Waals surface area (Å²) in [5.41, 5.74) is 4.36. The first kappa shape index (κ1) is 19.9. The molecule has 28 heavy (non-hydrogen) atoms. The molecule has 1 amide bonds. The van der Waals surface area contributed by atoms with E-state index in [0.29, 0.717) is 25.1 Å². The largest absolute Gasteiger partial charge is 0.465 e. The molecule has 1 aliphatic rings. The van der Waals surface area contributed by atoms with Crippen molar-refractivity contribution in [1.82, 2.24) is 9.88 Å². The van der Waals surface area contributed by atoms with Crippen molar-refractivity contribution in [2.24, 2.45) is 0 Å². The lowest BCUT2D eigenvalue weighted by molar-refractivity contribution is 0.0223. The van der Waals surface area contributed by atoms with Gasteiger partial charge in [-0.25, -0.2) is 9.59 Å². The van der Waals surface area contributed by atoms with Crippen molar-refractivity contribution in [2.45, 2.75) is 45.8 Å². The van der Waals surface area contributed by atoms with Gasteiger partial charge in [0.15, 0.2) is 0 Å². The van der Waals surface area contributed by atoms with Gasteiger partial charge >= 0.3 is 12.1 Å². The lowest BCUT2D eigenvalue weighted by atomic mass is 9.95. The number of carbonyl (C=O) groups is 2. The van der Waals surface area contributed by atoms with Crippen LogP contribution in [0, 0.1) is 0 Å². The number of nitrogens with zero attached hydrogens (tertiary/aromatic N) is 2. The van der Waals surface area contributed by atoms with Crippen molar-refractivity contribution < 1.29 is 19.1 Å². The average Bonchev–Trinajstić information content (AvgIpc) is 2.65. The predicted molar refractivity (Wildman–Crippen MR) is 105 cm³/mol. The Labute approximate surface area is 165 Å². The number of methoxy groups -OCH3 is 1. The van der Waals surface area contributed by atoms with Crippen LogP contribution in [0.2, 0.25) is 0 Å². The minimum absolute atomic E-state index is 0.279. The van der Waals surface area contributed by atoms with Crippen LogP contribution in [0.15, 0.2) is 36.7 Å². The van der Waals surface area contributed by atoms with E-state index in [1.54, 1.807) is 17.2 Å². The number of amides is 1. The zero-order chi connectivity index (χ0) is 20.3. The van der Waals surface area contributed by atoms with Crippen LogP contribution in [-0.4, -0.2) is 41.2 Å². The normalized spacial score (nSPS) is 13.6. The highest BCUT2D eigenvalue weighted by Crippen LogP contribution is 2.23. The van der Waals surface area contributed by atoms with Crippen LogP contribution in [0.3, 0.4) is 0 Å². The van der Waals surface area contributed by atoms with Gasteiger partial charge in [-0.05, 0) is 61.9 Å². The Bertz CT molecular complexity index is 886. The Morgan fingerprint density at radius 2 is 1.89 bits per heavy atom. The molecule has 0 spiro atoms. The molecule has 0 fully saturated rings. The second-order valence-corrected chi connectivity index (χ2v) is 8.01. The summed E-state index contributed by atoms with van der Waals surface area (Å²) in [6.45, 7) is 6.82. The van der Waals surface area contributed by atoms with Crippen molar-refractivity contribution in [2.75, 3.05) is 13.7 Å². The van der Waals surface area contributed by atoms with Gasteiger partial charge in [-0.3, -0.25) is 4.98 Å². The lowest BCUT2D eigenvalue weighted by Gasteiger charge is -2.31. The quantitative estimate of drug-likeness (QED) is 0.756. The first-order chi connectivity index (χ1) is 13.2. The van der Waals surface area contributed by atoms with Crippen LogP contribution in [-0.2, 0) is 28.9 Å². The SMILES string of the molecule is COC(=O)c1cncc(Cc2ccc3c(c2)CN(C(=O)OC(C)(C)C)CC3)c1. The molecule has 0 saturated carbocycles. The van der Waals surface area contributed by atoms with Crippen LogP contribution in [0.25, 0.3) is 0 Å². The number of aromatic nitrogens is 1. The van der Waals surface area contributed by atoms with Gasteiger partial charge in [0.1, 0.15) is 5.60 Å². The van der Waals surface area contributed by atoms with Gasteiger partial charge in [0.05, 0.1) is 12.7 Å². The van der Waals surface area contributed by atoms with E-state index in [0.717, 1.165) is 23.1 Å². The molecule has 0 saturated heterocycles. The number of carbonyl (C=O) groups excluding carboxylic acids is 2. The van der Waals surface area contributed by atoms with Gasteiger partial charge in [0.2, 0.25) is 0 Å². The monoisotopic (exact) mass is 382 g/mol. The fraction of sp³-hybridized carbons (Fsp3) is 0.409. The van der Waals surface area contributed by atoms with Crippen LogP contribution < -0.4 is 0 Å². The van der Waals surface area contributed by atoms with E-state index in [1.807, 2.05) is 20.8 Å². The predicted octanol–water partition coefficient (Wildman–Crippen LogP) is 3.75. The fourth-order valence-electron chi connectivity index (χ4n) is 3.25. The number of hydrogen-bond donors (Lipinski definition) is 0. The number of pyridine rings is 1. The van der Waals surface area contributed by atoms with Gasteiger partial charge in [-0.1, -0.05) is 18.2 Å². The minimum Gasteiger partial charge on any atom is -0.465 e. The topological polar surface area (TPSA) is 68.7 Å². The van der Waals surface area contributed by atoms with E-state index in [-0.39, 0.29) is 6.09 Å². The number of hydrogen-bond acceptors (Lipinski definition) is 5. The average molecular weight is 382 g/mol. The second kappa shape index (κ2) is 8.00. The van der Waals surface area contributed by atoms with E-state index < -0.39 is 11.6 Å². The van der Waals surface area contributed by atoms with E-state index in [4.69, 9.17) is 9.47 Å². The van der Waals surface area contributed by atoms with E-state index in [1.165, 1.54) is 18.9 Å². The smallest absolute Gasteiger partial charge is 0.410 e. The molecule has 6 heteroatoms. The van der Waals surface area contributed by atoms with Crippen molar-refractivity contribution in [3.05, 3.63) is 64.5 Å². The minimum atomic E-state index is -0.503. The molecule has 1 aliphatic heterocycles. The van der Waals surface area contributed by atoms with Crippen LogP contribution >= 0.6 is 0 Å². The zero-order valence-electron chi connectivity index (χ0n) is 16.8. The maximum Gasteiger partial charge on any atom is 0.410 e. The summed E-state index contributed by atoms with van der Waals surface area (Å²) < 4.78 is 10.3. The standard InChI is InChI=1S/C22H26N2O4/c1-22(2,3)28-21(26)24-8-7-17-6-5-15(10-19(17)14-24)9-16-11-18(13-23-12-16)20(25)27-4/h5-6,10-13H,7-9,14H2,1-4H3. The van der Waals surface area contributed by atoms with Gasteiger partial charge in [-0.15, -0.1) is 0 Å². The van der Waals surface area contributed by atoms with E-state index in [2.05, 4.69) is 23.2 Å². The van der Waals surface area contributed by atoms with Crippen LogP contribution in [0.4, 0.5) is 4.79 Å². The summed E-state index contributed by atoms with van der Waals surface area (Å²) in [5.74, 6) is -0.396.